The summed E-state index contributed by atoms with van der Waals surface area (Å²) in [6.07, 6.45) is 0. The normalized spacial score (nSPS) is 13.2. The fraction of sp³-hybridized carbons (Fsp3) is 0. The molecule has 0 fully saturated rings. The second kappa shape index (κ2) is 31.6. The molecule has 4 aromatic heterocycles. The van der Waals surface area contributed by atoms with E-state index < -0.39 is 22.6 Å². The fourth-order valence-corrected chi connectivity index (χ4v) is 38.7. The first-order chi connectivity index (χ1) is 63.9. The molecule has 0 radical (unpaired) electrons. The molecule has 0 aliphatic heterocycles. The molecule has 0 amide bonds. The summed E-state index contributed by atoms with van der Waals surface area (Å²) in [5.74, 6) is 0. The van der Waals surface area contributed by atoms with E-state index >= 15 is 0 Å². The summed E-state index contributed by atoms with van der Waals surface area (Å²) in [6, 6.07) is 168. The average Bonchev–Trinajstić information content (AvgIpc) is 1.52. The Labute approximate surface area is 778 Å². The van der Waals surface area contributed by atoms with E-state index in [0.717, 1.165) is 55.1 Å². The first-order valence-electron chi connectivity index (χ1n) is 43.8. The summed E-state index contributed by atoms with van der Waals surface area (Å²) in [7, 11) is 0. The van der Waals surface area contributed by atoms with Crippen LogP contribution in [0.15, 0.2) is 461 Å². The average molecular weight is 1940 g/mol. The molecule has 26 aromatic rings. The molecule has 0 N–H and O–H groups in total. The zero-order valence-electron chi connectivity index (χ0n) is 70.1. The second-order valence-corrected chi connectivity index (χ2v) is 57.1. The van der Waals surface area contributed by atoms with Gasteiger partial charge in [-0.15, -0.1) is 0 Å². The van der Waals surface area contributed by atoms with Crippen LogP contribution in [0.3, 0.4) is 0 Å². The predicted molar refractivity (Wildman–Crippen MR) is 575 cm³/mol. The third-order valence-electron chi connectivity index (χ3n) is 26.9. The van der Waals surface area contributed by atoms with Gasteiger partial charge >= 0.3 is 704 Å². The van der Waals surface area contributed by atoms with Crippen LogP contribution in [0, 0.1) is 0 Å². The number of imidazole rings is 2. The summed E-state index contributed by atoms with van der Waals surface area (Å²) >= 11 is 18.8. The molecule has 22 aromatic carbocycles. The molecule has 0 saturated heterocycles. The maximum absolute atomic E-state index is 7.15. The second-order valence-electron chi connectivity index (χ2n) is 34.0. The molecular formula is C118H76N4P4SSe3. The van der Waals surface area contributed by atoms with Crippen LogP contribution in [0.2, 0.25) is 0 Å². The van der Waals surface area contributed by atoms with E-state index in [9.17, 15) is 0 Å². The van der Waals surface area contributed by atoms with Gasteiger partial charge < -0.3 is 0 Å². The van der Waals surface area contributed by atoms with Gasteiger partial charge in [-0.3, -0.25) is 0 Å². The number of hydrogen-bond donors (Lipinski definition) is 0. The van der Waals surface area contributed by atoms with Crippen LogP contribution in [0.4, 0.5) is 0 Å². The Hall–Kier alpha value is -12.6. The summed E-state index contributed by atoms with van der Waals surface area (Å²) in [5.41, 5.74) is 1.49. The van der Waals surface area contributed by atoms with Crippen molar-refractivity contribution in [3.05, 3.63) is 461 Å². The van der Waals surface area contributed by atoms with Gasteiger partial charge in [-0.1, -0.05) is 60.7 Å². The SMILES string of the molecule is S=P(c1ccc2ccccc2c1)(c1ccc2ccccc2c1)c1ccc2c(c1)nc1c3c4ccccc4ccc3c3ccc(P(=[Se])(c4ccccc4)c4ccc5ccccc5c4)cc3n21.[Se]=P(c1ccc2ccccc2c1)(c1ccc2ccccc2c1)c1ccc2c(c1)nc1c3c4ccccc4ccc3c3ccc(P(=[Se])(c4ccccc4)c4ccc5ccccc5c4)cc3n21. The fourth-order valence-electron chi connectivity index (χ4n) is 20.4. The zero-order valence-corrected chi connectivity index (χ0v) is 79.6. The van der Waals surface area contributed by atoms with Crippen molar-refractivity contribution in [2.75, 3.05) is 0 Å². The van der Waals surface area contributed by atoms with Crippen LogP contribution in [-0.4, -0.2) is 64.1 Å². The van der Waals surface area contributed by atoms with Gasteiger partial charge in [0.05, 0.1) is 0 Å². The number of pyridine rings is 2. The summed E-state index contributed by atoms with van der Waals surface area (Å²) in [6.45, 7) is 0. The van der Waals surface area contributed by atoms with Crippen LogP contribution >= 0.6 is 22.6 Å². The van der Waals surface area contributed by atoms with Crippen LogP contribution in [0.25, 0.3) is 163 Å². The van der Waals surface area contributed by atoms with Gasteiger partial charge in [-0.25, -0.2) is 0 Å². The molecule has 2 atom stereocenters. The van der Waals surface area contributed by atoms with Gasteiger partial charge in [0, 0.05) is 0 Å². The van der Waals surface area contributed by atoms with Gasteiger partial charge in [0.1, 0.15) is 0 Å². The Morgan fingerprint density at radius 1 is 0.177 bits per heavy atom. The van der Waals surface area contributed by atoms with Crippen molar-refractivity contribution in [2.24, 2.45) is 0 Å². The Morgan fingerprint density at radius 2 is 0.408 bits per heavy atom. The maximum atomic E-state index is 7.15. The number of benzene rings is 22. The van der Waals surface area contributed by atoms with Crippen molar-refractivity contribution in [1.29, 1.82) is 0 Å². The van der Waals surface area contributed by atoms with Gasteiger partial charge in [0.2, 0.25) is 0 Å². The molecule has 612 valence electrons. The van der Waals surface area contributed by atoms with E-state index in [-0.39, 0.29) is 0 Å². The summed E-state index contributed by atoms with van der Waals surface area (Å²) in [5, 5.41) is 41.8. The zero-order chi connectivity index (χ0) is 86.6. The van der Waals surface area contributed by atoms with Crippen LogP contribution in [-0.2, 0) is 11.8 Å². The molecule has 0 spiro atoms. The van der Waals surface area contributed by atoms with Crippen molar-refractivity contribution in [3.8, 4) is 0 Å². The van der Waals surface area contributed by atoms with Crippen molar-refractivity contribution in [1.82, 2.24) is 18.8 Å². The molecule has 4 heterocycles. The number of aromatic nitrogens is 4. The third-order valence-corrected chi connectivity index (χ3v) is 52.8. The Bertz CT molecular complexity index is 8810. The summed E-state index contributed by atoms with van der Waals surface area (Å²) < 4.78 is 4.88. The first-order valence-corrected chi connectivity index (χ1v) is 58.6. The van der Waals surface area contributed by atoms with E-state index in [1.54, 1.807) is 0 Å². The van der Waals surface area contributed by atoms with Crippen LogP contribution in [0.1, 0.15) is 0 Å². The van der Waals surface area contributed by atoms with Crippen molar-refractivity contribution < 1.29 is 0 Å². The number of nitrogens with zero attached hydrogens (tertiary/aromatic N) is 4. The first kappa shape index (κ1) is 79.5. The van der Waals surface area contributed by atoms with Crippen molar-refractivity contribution in [3.63, 3.8) is 0 Å². The Balaban J connectivity index is 0.000000140. The molecule has 0 aliphatic carbocycles. The monoisotopic (exact) mass is 1940 g/mol. The van der Waals surface area contributed by atoms with E-state index in [4.69, 9.17) is 21.8 Å². The van der Waals surface area contributed by atoms with Crippen molar-refractivity contribution >= 4 is 306 Å². The molecule has 130 heavy (non-hydrogen) atoms. The number of rotatable bonds is 12. The van der Waals surface area contributed by atoms with Gasteiger partial charge in [-0.05, 0) is 21.5 Å². The molecular weight excluding hydrogens is 1870 g/mol. The van der Waals surface area contributed by atoms with Crippen molar-refractivity contribution in [2.45, 2.75) is 0 Å². The van der Waals surface area contributed by atoms with E-state index in [1.807, 2.05) is 0 Å². The summed E-state index contributed by atoms with van der Waals surface area (Å²) in [4.78, 5) is 11.4. The molecule has 0 saturated carbocycles. The topological polar surface area (TPSA) is 34.6 Å². The van der Waals surface area contributed by atoms with E-state index in [2.05, 4.69) is 515 Å². The standard InChI is InChI=1S/C59H38N2P2SSe.C59H38N2P2Se2/c64-62(47-26-22-39-12-4-7-16-43(39)34-47,48-27-23-40-13-5-8-17-44(40)35-48)49-30-33-56-55(37-49)60-59-58-52-21-11-10-15-42(52)25-31-54(58)53-32-29-51(38-57(53)61(56)59)63(65,46-19-2-1-3-20-46)50-28-24-41-14-6-9-18-45(41)36-50;64-62(46-19-2-1-3-20-46,47-26-22-39-12-4-7-16-43(39)34-47)51-29-32-53-54-31-25-42-15-10-11-21-52(42)58(54)59-60-55-37-50(30-33-56(55)61(59)57(53)38-51)63(65,48-27-23-40-13-5-8-17-44(40)35-48)49-28-24-41-14-6-9-18-45(41)36-49/h2*1-38H. The van der Waals surface area contributed by atoms with Crippen LogP contribution < -0.4 is 63.7 Å². The van der Waals surface area contributed by atoms with E-state index in [0.29, 0.717) is 0 Å². The predicted octanol–water partition coefficient (Wildman–Crippen LogP) is 24.7. The third kappa shape index (κ3) is 12.8. The molecule has 4 nitrogen and oxygen atoms in total. The van der Waals surface area contributed by atoms with E-state index in [1.165, 1.54) is 171 Å². The minimum atomic E-state index is -2.60. The Kier molecular flexibility index (Phi) is 19.3. The minimum absolute atomic E-state index is 0.937. The molecule has 12 heteroatoms. The van der Waals surface area contributed by atoms with Gasteiger partial charge in [0.25, 0.3) is 0 Å². The molecule has 2 unspecified atom stereocenters. The van der Waals surface area contributed by atoms with Crippen LogP contribution in [0.5, 0.6) is 0 Å². The molecule has 0 bridgehead atoms. The number of fused-ring (bicyclic) bond motifs is 26. The Morgan fingerprint density at radius 3 is 0.762 bits per heavy atom. The molecule has 0 aliphatic rings. The molecule has 26 rings (SSSR count). The number of hydrogen-bond acceptors (Lipinski definition) is 3. The van der Waals surface area contributed by atoms with Gasteiger partial charge in [0.15, 0.2) is 0 Å². The quantitative estimate of drug-likeness (QED) is 0.0695. The van der Waals surface area contributed by atoms with Gasteiger partial charge in [-0.2, -0.15) is 0 Å².